The summed E-state index contributed by atoms with van der Waals surface area (Å²) in [5.74, 6) is 1.72. The molecule has 4 heteroatoms. The smallest absolute Gasteiger partial charge is 0.118 e. The number of ether oxygens (including phenoxy) is 2. The second-order valence-electron chi connectivity index (χ2n) is 6.87. The van der Waals surface area contributed by atoms with Crippen LogP contribution in [-0.4, -0.2) is 19.9 Å². The fraction of sp³-hybridized carbons (Fsp3) is 0.160. The number of hydrogen-bond donors (Lipinski definition) is 0. The highest BCUT2D eigenvalue weighted by Gasteiger charge is 2.28. The van der Waals surface area contributed by atoms with E-state index in [0.29, 0.717) is 0 Å². The summed E-state index contributed by atoms with van der Waals surface area (Å²) in [6.45, 7) is 0. The Hall–Kier alpha value is -3.53. The van der Waals surface area contributed by atoms with Gasteiger partial charge in [-0.3, -0.25) is 5.01 Å². The molecule has 146 valence electrons. The Morgan fingerprint density at radius 2 is 1.41 bits per heavy atom. The molecule has 3 aromatic rings. The van der Waals surface area contributed by atoms with Crippen molar-refractivity contribution in [3.8, 4) is 11.5 Å². The summed E-state index contributed by atoms with van der Waals surface area (Å²) in [5.41, 5.74) is 4.46. The summed E-state index contributed by atoms with van der Waals surface area (Å²) >= 11 is 0. The van der Waals surface area contributed by atoms with Gasteiger partial charge in [-0.2, -0.15) is 5.10 Å². The molecule has 0 saturated heterocycles. The van der Waals surface area contributed by atoms with Gasteiger partial charge in [-0.15, -0.1) is 0 Å². The molecule has 4 nitrogen and oxygen atoms in total. The first-order chi connectivity index (χ1) is 14.3. The highest BCUT2D eigenvalue weighted by molar-refractivity contribution is 6.01. The number of methoxy groups -OCH3 is 2. The molecule has 0 unspecified atom stereocenters. The molecular formula is C25H24N2O2. The van der Waals surface area contributed by atoms with Crippen molar-refractivity contribution in [1.82, 2.24) is 0 Å². The first kappa shape index (κ1) is 18.8. The maximum atomic E-state index is 5.31. The molecular weight excluding hydrogens is 360 g/mol. The van der Waals surface area contributed by atoms with Crippen molar-refractivity contribution in [2.45, 2.75) is 12.5 Å². The van der Waals surface area contributed by atoms with Gasteiger partial charge in [-0.1, -0.05) is 48.5 Å². The van der Waals surface area contributed by atoms with Gasteiger partial charge < -0.3 is 9.47 Å². The summed E-state index contributed by atoms with van der Waals surface area (Å²) < 4.78 is 10.5. The Bertz CT molecular complexity index is 993. The molecule has 0 aliphatic carbocycles. The maximum Gasteiger partial charge on any atom is 0.118 e. The van der Waals surface area contributed by atoms with Gasteiger partial charge in [0.2, 0.25) is 0 Å². The molecule has 0 aromatic heterocycles. The summed E-state index contributed by atoms with van der Waals surface area (Å²) in [7, 11) is 3.36. The van der Waals surface area contributed by atoms with E-state index in [1.54, 1.807) is 14.2 Å². The van der Waals surface area contributed by atoms with Crippen LogP contribution in [0.25, 0.3) is 6.08 Å². The second kappa shape index (κ2) is 8.65. The number of nitrogens with zero attached hydrogens (tertiary/aromatic N) is 2. The average Bonchev–Trinajstić information content (AvgIpc) is 3.23. The Balaban J connectivity index is 1.60. The van der Waals surface area contributed by atoms with Crippen LogP contribution in [0.5, 0.6) is 11.5 Å². The number of rotatable bonds is 6. The lowest BCUT2D eigenvalue weighted by Crippen LogP contribution is -2.18. The molecule has 29 heavy (non-hydrogen) atoms. The monoisotopic (exact) mass is 384 g/mol. The van der Waals surface area contributed by atoms with Gasteiger partial charge in [-0.25, -0.2) is 0 Å². The molecule has 1 aliphatic heterocycles. The van der Waals surface area contributed by atoms with Gasteiger partial charge in [0.15, 0.2) is 0 Å². The zero-order chi connectivity index (χ0) is 20.1. The van der Waals surface area contributed by atoms with Crippen LogP contribution in [0.1, 0.15) is 23.6 Å². The lowest BCUT2D eigenvalue weighted by Gasteiger charge is -2.24. The maximum absolute atomic E-state index is 5.31. The van der Waals surface area contributed by atoms with Crippen LogP contribution in [-0.2, 0) is 0 Å². The molecule has 0 N–H and O–H groups in total. The quantitative estimate of drug-likeness (QED) is 0.545. The first-order valence-corrected chi connectivity index (χ1v) is 9.64. The largest absolute Gasteiger partial charge is 0.497 e. The summed E-state index contributed by atoms with van der Waals surface area (Å²) in [4.78, 5) is 0. The summed E-state index contributed by atoms with van der Waals surface area (Å²) in [6.07, 6.45) is 5.03. The lowest BCUT2D eigenvalue weighted by atomic mass is 10.0. The molecule has 0 saturated carbocycles. The van der Waals surface area contributed by atoms with Crippen LogP contribution in [0, 0.1) is 0 Å². The van der Waals surface area contributed by atoms with E-state index >= 15 is 0 Å². The predicted octanol–water partition coefficient (Wildman–Crippen LogP) is 5.72. The molecule has 0 amide bonds. The average molecular weight is 384 g/mol. The number of benzene rings is 3. The highest BCUT2D eigenvalue weighted by atomic mass is 16.5. The topological polar surface area (TPSA) is 34.1 Å². The number of anilines is 1. The Morgan fingerprint density at radius 3 is 2.03 bits per heavy atom. The first-order valence-electron chi connectivity index (χ1n) is 9.64. The molecule has 1 atom stereocenters. The number of para-hydroxylation sites is 1. The molecule has 4 rings (SSSR count). The van der Waals surface area contributed by atoms with Gasteiger partial charge in [0.05, 0.1) is 31.7 Å². The van der Waals surface area contributed by atoms with E-state index in [4.69, 9.17) is 14.6 Å². The van der Waals surface area contributed by atoms with E-state index in [2.05, 4.69) is 41.4 Å². The third-order valence-electron chi connectivity index (χ3n) is 5.04. The van der Waals surface area contributed by atoms with Crippen molar-refractivity contribution in [2.24, 2.45) is 5.10 Å². The molecule has 0 radical (unpaired) electrons. The highest BCUT2D eigenvalue weighted by Crippen LogP contribution is 2.36. The molecule has 0 fully saturated rings. The predicted molar refractivity (Wildman–Crippen MR) is 119 cm³/mol. The SMILES string of the molecule is COc1ccc(C=CC2=NN(c3ccccc3)[C@H](c3ccc(OC)cc3)C2)cc1. The molecule has 1 heterocycles. The van der Waals surface area contributed by atoms with E-state index in [1.165, 1.54) is 5.56 Å². The van der Waals surface area contributed by atoms with Crippen molar-refractivity contribution < 1.29 is 9.47 Å². The van der Waals surface area contributed by atoms with Crippen molar-refractivity contribution >= 4 is 17.5 Å². The van der Waals surface area contributed by atoms with Crippen LogP contribution < -0.4 is 14.5 Å². The van der Waals surface area contributed by atoms with Crippen LogP contribution in [0.15, 0.2) is 90.0 Å². The molecule has 0 spiro atoms. The Morgan fingerprint density at radius 1 is 0.793 bits per heavy atom. The molecule has 1 aliphatic rings. The second-order valence-corrected chi connectivity index (χ2v) is 6.87. The van der Waals surface area contributed by atoms with Gasteiger partial charge >= 0.3 is 0 Å². The minimum absolute atomic E-state index is 0.152. The van der Waals surface area contributed by atoms with E-state index in [9.17, 15) is 0 Å². The van der Waals surface area contributed by atoms with Gasteiger partial charge in [0.1, 0.15) is 11.5 Å². The van der Waals surface area contributed by atoms with Gasteiger partial charge in [0, 0.05) is 6.42 Å². The molecule has 0 bridgehead atoms. The zero-order valence-corrected chi connectivity index (χ0v) is 16.7. The van der Waals surface area contributed by atoms with E-state index < -0.39 is 0 Å². The molecule has 3 aromatic carbocycles. The third kappa shape index (κ3) is 4.32. The number of hydrogen-bond acceptors (Lipinski definition) is 4. The van der Waals surface area contributed by atoms with Gasteiger partial charge in [-0.05, 0) is 53.6 Å². The number of hydrazone groups is 1. The summed E-state index contributed by atoms with van der Waals surface area (Å²) in [6, 6.07) is 26.7. The third-order valence-corrected chi connectivity index (χ3v) is 5.04. The number of allylic oxidation sites excluding steroid dienone is 1. The van der Waals surface area contributed by atoms with E-state index in [0.717, 1.165) is 34.9 Å². The van der Waals surface area contributed by atoms with E-state index in [-0.39, 0.29) is 6.04 Å². The van der Waals surface area contributed by atoms with E-state index in [1.807, 2.05) is 54.6 Å². The minimum atomic E-state index is 0.152. The zero-order valence-electron chi connectivity index (χ0n) is 16.7. The summed E-state index contributed by atoms with van der Waals surface area (Å²) in [5, 5.41) is 7.02. The van der Waals surface area contributed by atoms with Crippen LogP contribution in [0.2, 0.25) is 0 Å². The lowest BCUT2D eigenvalue weighted by molar-refractivity contribution is 0.414. The Labute approximate surface area is 171 Å². The van der Waals surface area contributed by atoms with Crippen molar-refractivity contribution in [3.63, 3.8) is 0 Å². The minimum Gasteiger partial charge on any atom is -0.497 e. The van der Waals surface area contributed by atoms with Crippen molar-refractivity contribution in [2.75, 3.05) is 19.2 Å². The van der Waals surface area contributed by atoms with Crippen molar-refractivity contribution in [3.05, 3.63) is 96.1 Å². The van der Waals surface area contributed by atoms with Crippen LogP contribution in [0.4, 0.5) is 5.69 Å². The van der Waals surface area contributed by atoms with Crippen LogP contribution >= 0.6 is 0 Å². The van der Waals surface area contributed by atoms with Crippen molar-refractivity contribution in [1.29, 1.82) is 0 Å². The van der Waals surface area contributed by atoms with Crippen LogP contribution in [0.3, 0.4) is 0 Å². The fourth-order valence-electron chi connectivity index (χ4n) is 3.45. The Kier molecular flexibility index (Phi) is 5.61. The normalized spacial score (nSPS) is 16.1. The van der Waals surface area contributed by atoms with Gasteiger partial charge in [0.25, 0.3) is 0 Å². The fourth-order valence-corrected chi connectivity index (χ4v) is 3.45. The standard InChI is InChI=1S/C25H24N2O2/c1-28-23-14-9-19(10-15-23)8-13-21-18-25(20-11-16-24(29-2)17-12-20)27(26-21)22-6-4-3-5-7-22/h3-17,25H,18H2,1-2H3/t25-/m0/s1.